The second-order valence-corrected chi connectivity index (χ2v) is 7.64. The fourth-order valence-electron chi connectivity index (χ4n) is 4.68. The number of rotatable bonds is 4. The molecule has 0 aromatic carbocycles. The summed E-state index contributed by atoms with van der Waals surface area (Å²) in [7, 11) is -1.07. The first-order valence-electron chi connectivity index (χ1n) is 6.81. The second kappa shape index (κ2) is 3.89. The second-order valence-electron chi connectivity index (χ2n) is 5.81. The number of nitrogens with zero attached hydrogens (tertiary/aromatic N) is 1. The van der Waals surface area contributed by atoms with Gasteiger partial charge in [-0.3, -0.25) is 14.3 Å². The van der Waals surface area contributed by atoms with Crippen molar-refractivity contribution in [3.05, 3.63) is 22.3 Å². The van der Waals surface area contributed by atoms with Crippen LogP contribution in [0.3, 0.4) is 0 Å². The number of allylic oxidation sites excluding steroid dienone is 1. The number of nitro groups is 1. The molecule has 0 aromatic rings. The lowest BCUT2D eigenvalue weighted by Gasteiger charge is -2.39. The molecule has 2 saturated carbocycles. The maximum atomic E-state index is 12.7. The van der Waals surface area contributed by atoms with E-state index in [0.29, 0.717) is 12.2 Å². The minimum Gasteiger partial charge on any atom is -0.264 e. The lowest BCUT2D eigenvalue weighted by Crippen LogP contribution is -2.60. The molecule has 0 radical (unpaired) electrons. The van der Waals surface area contributed by atoms with Gasteiger partial charge in [-0.2, -0.15) is 0 Å². The largest absolute Gasteiger partial charge is 0.264 e. The summed E-state index contributed by atoms with van der Waals surface area (Å²) < 4.78 is 12.2. The molecule has 5 heteroatoms. The van der Waals surface area contributed by atoms with Crippen LogP contribution in [0.5, 0.6) is 0 Å². The average Bonchev–Trinajstić information content (AvgIpc) is 3.00. The molecule has 0 saturated heterocycles. The minimum atomic E-state index is -1.07. The topological polar surface area (TPSA) is 60.2 Å². The molecular weight excluding hydrogens is 250 g/mol. The van der Waals surface area contributed by atoms with Crippen molar-refractivity contribution >= 4 is 10.8 Å². The SMILES string of the molecule is CCCS(=O)[C@@]12CCC[C@]1([N+](=O)[O-])[C@@H]1C=C[C@H]2C1. The quantitative estimate of drug-likeness (QED) is 0.447. The molecule has 2 bridgehead atoms. The van der Waals surface area contributed by atoms with Crippen LogP contribution in [0.4, 0.5) is 0 Å². The van der Waals surface area contributed by atoms with Gasteiger partial charge in [0.1, 0.15) is 4.75 Å². The monoisotopic (exact) mass is 269 g/mol. The summed E-state index contributed by atoms with van der Waals surface area (Å²) >= 11 is 0. The first kappa shape index (κ1) is 12.3. The normalized spacial score (nSPS) is 46.3. The molecule has 1 unspecified atom stereocenters. The molecule has 0 spiro atoms. The third kappa shape index (κ3) is 1.14. The molecule has 3 rings (SSSR count). The van der Waals surface area contributed by atoms with Gasteiger partial charge in [-0.25, -0.2) is 0 Å². The maximum Gasteiger partial charge on any atom is 0.245 e. The average molecular weight is 269 g/mol. The molecule has 3 aliphatic carbocycles. The summed E-state index contributed by atoms with van der Waals surface area (Å²) in [6.45, 7) is 2.00. The standard InChI is InChI=1S/C13H19NO3S/c1-2-8-18(17)13-7-3-6-12(13,14(15)16)10-4-5-11(13)9-10/h4-5,10-11H,2-3,6-9H2,1H3/t10-,11+,12+,13-,18?/m1/s1. The van der Waals surface area contributed by atoms with Crippen molar-refractivity contribution in [2.45, 2.75) is 49.3 Å². The van der Waals surface area contributed by atoms with Crippen LogP contribution in [0.2, 0.25) is 0 Å². The Bertz CT molecular complexity index is 450. The first-order valence-corrected chi connectivity index (χ1v) is 8.13. The fraction of sp³-hybridized carbons (Fsp3) is 0.846. The zero-order valence-electron chi connectivity index (χ0n) is 10.6. The van der Waals surface area contributed by atoms with E-state index < -0.39 is 21.1 Å². The summed E-state index contributed by atoms with van der Waals surface area (Å²) in [5.41, 5.74) is -0.924. The van der Waals surface area contributed by atoms with Crippen molar-refractivity contribution in [3.8, 4) is 0 Å². The molecule has 18 heavy (non-hydrogen) atoms. The van der Waals surface area contributed by atoms with Crippen LogP contribution < -0.4 is 0 Å². The van der Waals surface area contributed by atoms with Crippen molar-refractivity contribution in [2.75, 3.05) is 5.75 Å². The summed E-state index contributed by atoms with van der Waals surface area (Å²) in [5, 5.41) is 11.7. The Kier molecular flexibility index (Phi) is 2.66. The number of hydrogen-bond acceptors (Lipinski definition) is 3. The molecular formula is C13H19NO3S. The molecule has 0 amide bonds. The summed E-state index contributed by atoms with van der Waals surface area (Å²) in [6.07, 6.45) is 8.03. The van der Waals surface area contributed by atoms with E-state index in [2.05, 4.69) is 6.08 Å². The zero-order chi connectivity index (χ0) is 13.0. The van der Waals surface area contributed by atoms with E-state index in [9.17, 15) is 14.3 Å². The predicted octanol–water partition coefficient (Wildman–Crippen LogP) is 2.29. The molecule has 0 N–H and O–H groups in total. The Labute approximate surface area is 109 Å². The number of hydrogen-bond donors (Lipinski definition) is 0. The molecule has 5 atom stereocenters. The molecule has 100 valence electrons. The zero-order valence-corrected chi connectivity index (χ0v) is 11.4. The molecule has 2 fully saturated rings. The summed E-state index contributed by atoms with van der Waals surface area (Å²) in [5.74, 6) is 0.788. The molecule has 0 aliphatic heterocycles. The Morgan fingerprint density at radius 1 is 1.39 bits per heavy atom. The van der Waals surface area contributed by atoms with Gasteiger partial charge in [0.15, 0.2) is 0 Å². The smallest absolute Gasteiger partial charge is 0.245 e. The first-order chi connectivity index (χ1) is 8.59. The van der Waals surface area contributed by atoms with Crippen LogP contribution in [-0.2, 0) is 10.8 Å². The van der Waals surface area contributed by atoms with Gasteiger partial charge in [-0.15, -0.1) is 0 Å². The van der Waals surface area contributed by atoms with Crippen molar-refractivity contribution < 1.29 is 9.13 Å². The van der Waals surface area contributed by atoms with Crippen LogP contribution in [0, 0.1) is 22.0 Å². The highest BCUT2D eigenvalue weighted by atomic mass is 32.2. The lowest BCUT2D eigenvalue weighted by atomic mass is 9.78. The molecule has 0 heterocycles. The summed E-state index contributed by atoms with van der Waals surface area (Å²) in [6, 6.07) is 0. The van der Waals surface area contributed by atoms with Crippen molar-refractivity contribution in [2.24, 2.45) is 11.8 Å². The fourth-order valence-corrected chi connectivity index (χ4v) is 7.02. The van der Waals surface area contributed by atoms with E-state index in [4.69, 9.17) is 0 Å². The summed E-state index contributed by atoms with van der Waals surface area (Å²) in [4.78, 5) is 11.7. The highest BCUT2D eigenvalue weighted by Crippen LogP contribution is 2.64. The Morgan fingerprint density at radius 3 is 2.78 bits per heavy atom. The van der Waals surface area contributed by atoms with Gasteiger partial charge >= 0.3 is 0 Å². The highest BCUT2D eigenvalue weighted by molar-refractivity contribution is 7.86. The predicted molar refractivity (Wildman–Crippen MR) is 70.3 cm³/mol. The van der Waals surface area contributed by atoms with E-state index >= 15 is 0 Å². The highest BCUT2D eigenvalue weighted by Gasteiger charge is 2.78. The van der Waals surface area contributed by atoms with Crippen molar-refractivity contribution in [1.29, 1.82) is 0 Å². The van der Waals surface area contributed by atoms with Crippen molar-refractivity contribution in [3.63, 3.8) is 0 Å². The van der Waals surface area contributed by atoms with Crippen LogP contribution in [0.1, 0.15) is 39.0 Å². The van der Waals surface area contributed by atoms with E-state index in [-0.39, 0.29) is 16.8 Å². The Hall–Kier alpha value is -0.710. The molecule has 4 nitrogen and oxygen atoms in total. The van der Waals surface area contributed by atoms with E-state index in [1.165, 1.54) is 0 Å². The van der Waals surface area contributed by atoms with Crippen LogP contribution in [0.25, 0.3) is 0 Å². The van der Waals surface area contributed by atoms with Crippen LogP contribution in [-0.4, -0.2) is 25.2 Å². The van der Waals surface area contributed by atoms with Gasteiger partial charge < -0.3 is 0 Å². The van der Waals surface area contributed by atoms with Gasteiger partial charge in [0.2, 0.25) is 5.54 Å². The Balaban J connectivity index is 2.12. The van der Waals surface area contributed by atoms with Crippen molar-refractivity contribution in [1.82, 2.24) is 0 Å². The molecule has 0 aromatic heterocycles. The van der Waals surface area contributed by atoms with Gasteiger partial charge in [0.05, 0.1) is 0 Å². The minimum absolute atomic E-state index is 0.0146. The van der Waals surface area contributed by atoms with E-state index in [1.807, 2.05) is 13.0 Å². The van der Waals surface area contributed by atoms with Gasteiger partial charge in [-0.1, -0.05) is 19.1 Å². The van der Waals surface area contributed by atoms with Gasteiger partial charge in [0, 0.05) is 39.7 Å². The molecule has 3 aliphatic rings. The van der Waals surface area contributed by atoms with Crippen LogP contribution >= 0.6 is 0 Å². The van der Waals surface area contributed by atoms with Gasteiger partial charge in [-0.05, 0) is 25.7 Å². The van der Waals surface area contributed by atoms with E-state index in [1.54, 1.807) is 0 Å². The lowest BCUT2D eigenvalue weighted by molar-refractivity contribution is -0.578. The van der Waals surface area contributed by atoms with Crippen LogP contribution in [0.15, 0.2) is 12.2 Å². The maximum absolute atomic E-state index is 12.7. The van der Waals surface area contributed by atoms with Gasteiger partial charge in [0.25, 0.3) is 0 Å². The number of fused-ring (bicyclic) bond motifs is 5. The Morgan fingerprint density at radius 2 is 2.11 bits per heavy atom. The third-order valence-electron chi connectivity index (χ3n) is 5.26. The van der Waals surface area contributed by atoms with E-state index in [0.717, 1.165) is 25.7 Å². The third-order valence-corrected chi connectivity index (χ3v) is 7.71.